The molecule has 1 amide bonds. The van der Waals surface area contributed by atoms with Crippen LogP contribution in [0.25, 0.3) is 10.2 Å². The van der Waals surface area contributed by atoms with Gasteiger partial charge in [0.05, 0.1) is 16.8 Å². The molecule has 3 nitrogen and oxygen atoms in total. The molecule has 1 heterocycles. The summed E-state index contributed by atoms with van der Waals surface area (Å²) in [5, 5.41) is 0. The molecule has 0 aliphatic rings. The minimum Gasteiger partial charge on any atom is -0.305 e. The molecule has 0 atom stereocenters. The summed E-state index contributed by atoms with van der Waals surface area (Å²) in [5.41, 5.74) is 3.42. The van der Waals surface area contributed by atoms with Crippen LogP contribution in [0.4, 0.5) is 0 Å². The average molecular weight is 258 g/mol. The van der Waals surface area contributed by atoms with E-state index in [1.54, 1.807) is 0 Å². The van der Waals surface area contributed by atoms with Crippen LogP contribution in [-0.4, -0.2) is 10.5 Å². The Labute approximate surface area is 110 Å². The third kappa shape index (κ3) is 2.22. The highest BCUT2D eigenvalue weighted by Crippen LogP contribution is 2.23. The third-order valence-corrected chi connectivity index (χ3v) is 3.85. The first-order valence-corrected chi connectivity index (χ1v) is 6.44. The van der Waals surface area contributed by atoms with E-state index in [2.05, 4.69) is 30.0 Å². The van der Waals surface area contributed by atoms with E-state index in [0.29, 0.717) is 11.3 Å². The lowest BCUT2D eigenvalue weighted by Gasteiger charge is -2.02. The molecule has 2 rings (SSSR count). The minimum absolute atomic E-state index is 0.207. The number of aromatic nitrogens is 1. The molecule has 0 spiro atoms. The zero-order valence-corrected chi connectivity index (χ0v) is 11.5. The normalized spacial score (nSPS) is 11.8. The Bertz CT molecular complexity index is 729. The van der Waals surface area contributed by atoms with Gasteiger partial charge in [0.2, 0.25) is 5.91 Å². The number of carbonyl (C=O) groups is 1. The van der Waals surface area contributed by atoms with Crippen LogP contribution in [0.1, 0.15) is 18.1 Å². The Balaban J connectivity index is 2.89. The van der Waals surface area contributed by atoms with E-state index in [4.69, 9.17) is 6.42 Å². The highest BCUT2D eigenvalue weighted by molar-refractivity contribution is 7.16. The lowest BCUT2D eigenvalue weighted by atomic mass is 10.1. The zero-order valence-electron chi connectivity index (χ0n) is 10.7. The van der Waals surface area contributed by atoms with Gasteiger partial charge in [-0.05, 0) is 31.0 Å². The highest BCUT2D eigenvalue weighted by Gasteiger charge is 2.08. The Morgan fingerprint density at radius 2 is 2.22 bits per heavy atom. The van der Waals surface area contributed by atoms with Crippen LogP contribution < -0.4 is 4.80 Å². The second kappa shape index (κ2) is 4.79. The second-order valence-corrected chi connectivity index (χ2v) is 5.21. The molecule has 0 saturated heterocycles. The molecule has 0 aliphatic carbocycles. The number of hydrogen-bond acceptors (Lipinski definition) is 2. The van der Waals surface area contributed by atoms with Gasteiger partial charge in [-0.1, -0.05) is 23.3 Å². The molecule has 4 heteroatoms. The molecule has 2 aromatic rings. The van der Waals surface area contributed by atoms with Crippen LogP contribution in [0.15, 0.2) is 17.1 Å². The summed E-state index contributed by atoms with van der Waals surface area (Å²) in [5.74, 6) is 2.41. The van der Waals surface area contributed by atoms with Gasteiger partial charge in [0.1, 0.15) is 0 Å². The first kappa shape index (κ1) is 12.6. The van der Waals surface area contributed by atoms with Crippen molar-refractivity contribution in [2.45, 2.75) is 27.3 Å². The SMILES string of the molecule is C#CCn1c(=NC(C)=O)sc2c(C)cc(C)cc21. The number of amides is 1. The molecule has 92 valence electrons. The van der Waals surface area contributed by atoms with Crippen LogP contribution in [0.3, 0.4) is 0 Å². The number of aryl methyl sites for hydroxylation is 2. The largest absolute Gasteiger partial charge is 0.305 e. The number of hydrogen-bond donors (Lipinski definition) is 0. The average Bonchev–Trinajstić information content (AvgIpc) is 2.58. The molecule has 0 saturated carbocycles. The molecular formula is C14H14N2OS. The number of fused-ring (bicyclic) bond motifs is 1. The summed E-state index contributed by atoms with van der Waals surface area (Å²) in [7, 11) is 0. The van der Waals surface area contributed by atoms with Crippen molar-refractivity contribution in [3.05, 3.63) is 28.1 Å². The van der Waals surface area contributed by atoms with Gasteiger partial charge in [-0.25, -0.2) is 0 Å². The lowest BCUT2D eigenvalue weighted by Crippen LogP contribution is -2.15. The summed E-state index contributed by atoms with van der Waals surface area (Å²) in [6, 6.07) is 4.20. The molecule has 0 bridgehead atoms. The van der Waals surface area contributed by atoms with E-state index >= 15 is 0 Å². The van der Waals surface area contributed by atoms with Gasteiger partial charge in [0, 0.05) is 6.92 Å². The van der Waals surface area contributed by atoms with Crippen molar-refractivity contribution in [3.8, 4) is 12.3 Å². The number of thiazole rings is 1. The lowest BCUT2D eigenvalue weighted by molar-refractivity contribution is -0.116. The van der Waals surface area contributed by atoms with Crippen LogP contribution in [0, 0.1) is 26.2 Å². The van der Waals surface area contributed by atoms with Crippen molar-refractivity contribution < 1.29 is 4.79 Å². The summed E-state index contributed by atoms with van der Waals surface area (Å²) >= 11 is 1.51. The zero-order chi connectivity index (χ0) is 13.3. The maximum absolute atomic E-state index is 11.2. The molecular weight excluding hydrogens is 244 g/mol. The molecule has 0 radical (unpaired) electrons. The molecule has 1 aromatic carbocycles. The van der Waals surface area contributed by atoms with Gasteiger partial charge in [-0.3, -0.25) is 4.79 Å². The maximum atomic E-state index is 11.2. The van der Waals surface area contributed by atoms with E-state index in [-0.39, 0.29) is 5.91 Å². The summed E-state index contributed by atoms with van der Waals surface area (Å²) in [6.07, 6.45) is 5.39. The summed E-state index contributed by atoms with van der Waals surface area (Å²) < 4.78 is 3.05. The Morgan fingerprint density at radius 1 is 1.50 bits per heavy atom. The van der Waals surface area contributed by atoms with Gasteiger partial charge in [-0.15, -0.1) is 6.42 Å². The predicted octanol–water partition coefficient (Wildman–Crippen LogP) is 2.40. The van der Waals surface area contributed by atoms with Gasteiger partial charge in [0.25, 0.3) is 0 Å². The first-order chi connectivity index (χ1) is 8.52. The van der Waals surface area contributed by atoms with Crippen molar-refractivity contribution >= 4 is 27.5 Å². The third-order valence-electron chi connectivity index (χ3n) is 2.62. The molecule has 0 fully saturated rings. The fourth-order valence-corrected chi connectivity index (χ4v) is 3.10. The number of carbonyl (C=O) groups excluding carboxylic acids is 1. The van der Waals surface area contributed by atoms with Gasteiger partial charge >= 0.3 is 0 Å². The van der Waals surface area contributed by atoms with E-state index in [1.165, 1.54) is 29.4 Å². The molecule has 0 unspecified atom stereocenters. The van der Waals surface area contributed by atoms with Gasteiger partial charge < -0.3 is 4.57 Å². The smallest absolute Gasteiger partial charge is 0.245 e. The monoisotopic (exact) mass is 258 g/mol. The summed E-state index contributed by atoms with van der Waals surface area (Å²) in [4.78, 5) is 15.9. The number of terminal acetylenes is 1. The van der Waals surface area contributed by atoms with Crippen LogP contribution >= 0.6 is 11.3 Å². The molecule has 1 aromatic heterocycles. The van der Waals surface area contributed by atoms with Crippen LogP contribution in [0.2, 0.25) is 0 Å². The van der Waals surface area contributed by atoms with Gasteiger partial charge in [-0.2, -0.15) is 4.99 Å². The van der Waals surface area contributed by atoms with Crippen LogP contribution in [0.5, 0.6) is 0 Å². The Morgan fingerprint density at radius 3 is 2.83 bits per heavy atom. The number of nitrogens with zero attached hydrogens (tertiary/aromatic N) is 2. The van der Waals surface area contributed by atoms with E-state index in [0.717, 1.165) is 10.2 Å². The quantitative estimate of drug-likeness (QED) is 0.723. The topological polar surface area (TPSA) is 34.4 Å². The molecule has 0 aliphatic heterocycles. The highest BCUT2D eigenvalue weighted by atomic mass is 32.1. The summed E-state index contributed by atoms with van der Waals surface area (Å²) in [6.45, 7) is 5.98. The minimum atomic E-state index is -0.207. The van der Waals surface area contributed by atoms with E-state index in [9.17, 15) is 4.79 Å². The molecule has 18 heavy (non-hydrogen) atoms. The predicted molar refractivity (Wildman–Crippen MR) is 74.4 cm³/mol. The van der Waals surface area contributed by atoms with Crippen molar-refractivity contribution in [2.24, 2.45) is 4.99 Å². The Hall–Kier alpha value is -1.86. The van der Waals surface area contributed by atoms with Crippen molar-refractivity contribution in [2.75, 3.05) is 0 Å². The molecule has 0 N–H and O–H groups in total. The van der Waals surface area contributed by atoms with Crippen LogP contribution in [-0.2, 0) is 11.3 Å². The van der Waals surface area contributed by atoms with Crippen molar-refractivity contribution in [3.63, 3.8) is 0 Å². The number of benzene rings is 1. The fraction of sp³-hybridized carbons (Fsp3) is 0.286. The van der Waals surface area contributed by atoms with E-state index in [1.807, 2.05) is 11.5 Å². The maximum Gasteiger partial charge on any atom is 0.245 e. The fourth-order valence-electron chi connectivity index (χ4n) is 1.98. The van der Waals surface area contributed by atoms with Crippen molar-refractivity contribution in [1.29, 1.82) is 0 Å². The van der Waals surface area contributed by atoms with Gasteiger partial charge in [0.15, 0.2) is 4.80 Å². The standard InChI is InChI=1S/C14H14N2OS/c1-5-6-16-12-8-9(2)7-10(3)13(12)18-14(16)15-11(4)17/h1,7-8H,6H2,2-4H3. The number of rotatable bonds is 1. The first-order valence-electron chi connectivity index (χ1n) is 5.62. The van der Waals surface area contributed by atoms with Crippen molar-refractivity contribution in [1.82, 2.24) is 4.57 Å². The second-order valence-electron chi connectivity index (χ2n) is 4.24. The van der Waals surface area contributed by atoms with E-state index < -0.39 is 0 Å². The Kier molecular flexibility index (Phi) is 3.35.